The van der Waals surface area contributed by atoms with E-state index >= 15 is 0 Å². The standard InChI is InChI=1S/C12H25NO2/c1-4-5-6-7-10(2)8-12(15)13-9-11(3)14/h10-11,14H,4-9H2,1-3H3,(H,13,15). The van der Waals surface area contributed by atoms with Crippen molar-refractivity contribution in [1.29, 1.82) is 0 Å². The summed E-state index contributed by atoms with van der Waals surface area (Å²) in [6.07, 6.45) is 4.93. The zero-order valence-electron chi connectivity index (χ0n) is 10.3. The van der Waals surface area contributed by atoms with Gasteiger partial charge in [0.05, 0.1) is 6.10 Å². The predicted molar refractivity (Wildman–Crippen MR) is 62.6 cm³/mol. The number of hydrogen-bond donors (Lipinski definition) is 2. The van der Waals surface area contributed by atoms with Crippen molar-refractivity contribution in [2.24, 2.45) is 5.92 Å². The summed E-state index contributed by atoms with van der Waals surface area (Å²) in [5.41, 5.74) is 0. The molecule has 15 heavy (non-hydrogen) atoms. The highest BCUT2D eigenvalue weighted by atomic mass is 16.3. The highest BCUT2D eigenvalue weighted by Gasteiger charge is 2.08. The van der Waals surface area contributed by atoms with Gasteiger partial charge in [-0.25, -0.2) is 0 Å². The SMILES string of the molecule is CCCCCC(C)CC(=O)NCC(C)O. The van der Waals surface area contributed by atoms with Gasteiger partial charge in [-0.2, -0.15) is 0 Å². The first kappa shape index (κ1) is 14.4. The lowest BCUT2D eigenvalue weighted by Gasteiger charge is -2.12. The quantitative estimate of drug-likeness (QED) is 0.609. The molecule has 0 fully saturated rings. The fourth-order valence-electron chi connectivity index (χ4n) is 1.50. The molecule has 3 nitrogen and oxygen atoms in total. The summed E-state index contributed by atoms with van der Waals surface area (Å²) in [5, 5.41) is 11.7. The van der Waals surface area contributed by atoms with Gasteiger partial charge in [-0.1, -0.05) is 39.5 Å². The van der Waals surface area contributed by atoms with Crippen LogP contribution in [-0.2, 0) is 4.79 Å². The average Bonchev–Trinajstić information content (AvgIpc) is 2.15. The molecule has 0 aromatic rings. The predicted octanol–water partition coefficient (Wildman–Crippen LogP) is 2.09. The first-order valence-corrected chi connectivity index (χ1v) is 6.01. The van der Waals surface area contributed by atoms with Crippen molar-refractivity contribution in [3.05, 3.63) is 0 Å². The van der Waals surface area contributed by atoms with Gasteiger partial charge in [-0.05, 0) is 12.8 Å². The summed E-state index contributed by atoms with van der Waals surface area (Å²) in [6, 6.07) is 0. The molecule has 3 heteroatoms. The van der Waals surface area contributed by atoms with Crippen molar-refractivity contribution < 1.29 is 9.90 Å². The molecule has 0 saturated heterocycles. The Morgan fingerprint density at radius 3 is 2.53 bits per heavy atom. The first-order chi connectivity index (χ1) is 7.06. The van der Waals surface area contributed by atoms with Crippen molar-refractivity contribution in [2.75, 3.05) is 6.54 Å². The van der Waals surface area contributed by atoms with Crippen molar-refractivity contribution >= 4 is 5.91 Å². The molecular formula is C12H25NO2. The fourth-order valence-corrected chi connectivity index (χ4v) is 1.50. The minimum absolute atomic E-state index is 0.0555. The first-order valence-electron chi connectivity index (χ1n) is 6.01. The van der Waals surface area contributed by atoms with Gasteiger partial charge >= 0.3 is 0 Å². The number of aliphatic hydroxyl groups is 1. The largest absolute Gasteiger partial charge is 0.392 e. The summed E-state index contributed by atoms with van der Waals surface area (Å²) in [4.78, 5) is 11.4. The summed E-state index contributed by atoms with van der Waals surface area (Å²) in [5.74, 6) is 0.505. The van der Waals surface area contributed by atoms with Crippen LogP contribution in [0.15, 0.2) is 0 Å². The molecule has 90 valence electrons. The number of carbonyl (C=O) groups excluding carboxylic acids is 1. The zero-order valence-corrected chi connectivity index (χ0v) is 10.3. The molecule has 2 atom stereocenters. The van der Waals surface area contributed by atoms with Crippen LogP contribution in [0.5, 0.6) is 0 Å². The Hall–Kier alpha value is -0.570. The lowest BCUT2D eigenvalue weighted by molar-refractivity contribution is -0.122. The molecule has 0 aliphatic heterocycles. The van der Waals surface area contributed by atoms with Crippen LogP contribution in [0.2, 0.25) is 0 Å². The Morgan fingerprint density at radius 1 is 1.33 bits per heavy atom. The molecule has 0 aromatic heterocycles. The van der Waals surface area contributed by atoms with Crippen molar-refractivity contribution in [2.45, 2.75) is 59.0 Å². The topological polar surface area (TPSA) is 49.3 Å². The third kappa shape index (κ3) is 9.73. The smallest absolute Gasteiger partial charge is 0.220 e. The molecule has 0 heterocycles. The van der Waals surface area contributed by atoms with E-state index in [1.165, 1.54) is 19.3 Å². The van der Waals surface area contributed by atoms with Crippen LogP contribution >= 0.6 is 0 Å². The Balaban J connectivity index is 3.49. The molecule has 2 N–H and O–H groups in total. The van der Waals surface area contributed by atoms with Crippen molar-refractivity contribution in [3.63, 3.8) is 0 Å². The van der Waals surface area contributed by atoms with E-state index in [1.54, 1.807) is 6.92 Å². The number of nitrogens with one attached hydrogen (secondary N) is 1. The van der Waals surface area contributed by atoms with Crippen LogP contribution in [0.3, 0.4) is 0 Å². The highest BCUT2D eigenvalue weighted by molar-refractivity contribution is 5.76. The van der Waals surface area contributed by atoms with Crippen LogP contribution in [0, 0.1) is 5.92 Å². The van der Waals surface area contributed by atoms with Crippen LogP contribution in [0.25, 0.3) is 0 Å². The second-order valence-electron chi connectivity index (χ2n) is 4.46. The highest BCUT2D eigenvalue weighted by Crippen LogP contribution is 2.12. The van der Waals surface area contributed by atoms with Crippen LogP contribution in [0.1, 0.15) is 52.9 Å². The molecule has 0 aliphatic carbocycles. The van der Waals surface area contributed by atoms with Gasteiger partial charge in [0.2, 0.25) is 5.91 Å². The molecule has 2 unspecified atom stereocenters. The maximum Gasteiger partial charge on any atom is 0.220 e. The van der Waals surface area contributed by atoms with Gasteiger partial charge < -0.3 is 10.4 Å². The number of carbonyl (C=O) groups is 1. The Morgan fingerprint density at radius 2 is 2.00 bits per heavy atom. The number of amides is 1. The Labute approximate surface area is 93.3 Å². The summed E-state index contributed by atoms with van der Waals surface area (Å²) >= 11 is 0. The molecule has 0 aliphatic rings. The van der Waals surface area contributed by atoms with E-state index in [1.807, 2.05) is 0 Å². The number of unbranched alkanes of at least 4 members (excludes halogenated alkanes) is 2. The normalized spacial score (nSPS) is 14.7. The third-order valence-corrected chi connectivity index (χ3v) is 2.43. The summed E-state index contributed by atoms with van der Waals surface area (Å²) in [7, 11) is 0. The van der Waals surface area contributed by atoms with E-state index in [9.17, 15) is 4.79 Å². The fraction of sp³-hybridized carbons (Fsp3) is 0.917. The molecule has 0 bridgehead atoms. The average molecular weight is 215 g/mol. The van der Waals surface area contributed by atoms with Gasteiger partial charge in [0, 0.05) is 13.0 Å². The van der Waals surface area contributed by atoms with E-state index < -0.39 is 6.10 Å². The van der Waals surface area contributed by atoms with E-state index in [4.69, 9.17) is 5.11 Å². The van der Waals surface area contributed by atoms with Crippen molar-refractivity contribution in [1.82, 2.24) is 5.32 Å². The van der Waals surface area contributed by atoms with Gasteiger partial charge in [0.25, 0.3) is 0 Å². The molecular weight excluding hydrogens is 190 g/mol. The van der Waals surface area contributed by atoms with E-state index in [2.05, 4.69) is 19.2 Å². The molecule has 1 amide bonds. The Kier molecular flexibility index (Phi) is 8.38. The maximum absolute atomic E-state index is 11.4. The monoisotopic (exact) mass is 215 g/mol. The van der Waals surface area contributed by atoms with Crippen LogP contribution in [-0.4, -0.2) is 23.7 Å². The second kappa shape index (κ2) is 8.72. The summed E-state index contributed by atoms with van der Waals surface area (Å²) < 4.78 is 0. The van der Waals surface area contributed by atoms with Crippen LogP contribution in [0.4, 0.5) is 0 Å². The molecule has 0 aromatic carbocycles. The van der Waals surface area contributed by atoms with Gasteiger partial charge in [-0.3, -0.25) is 4.79 Å². The minimum Gasteiger partial charge on any atom is -0.392 e. The van der Waals surface area contributed by atoms with Gasteiger partial charge in [0.15, 0.2) is 0 Å². The van der Waals surface area contributed by atoms with E-state index in [0.717, 1.165) is 6.42 Å². The molecule has 0 saturated carbocycles. The number of hydrogen-bond acceptors (Lipinski definition) is 2. The van der Waals surface area contributed by atoms with Crippen molar-refractivity contribution in [3.8, 4) is 0 Å². The zero-order chi connectivity index (χ0) is 11.7. The van der Waals surface area contributed by atoms with Crippen LogP contribution < -0.4 is 5.32 Å². The summed E-state index contributed by atoms with van der Waals surface area (Å²) in [6.45, 7) is 6.32. The molecule has 0 rings (SSSR count). The van der Waals surface area contributed by atoms with Gasteiger partial charge in [-0.15, -0.1) is 0 Å². The van der Waals surface area contributed by atoms with E-state index in [-0.39, 0.29) is 5.91 Å². The van der Waals surface area contributed by atoms with E-state index in [0.29, 0.717) is 18.9 Å². The molecule has 0 radical (unpaired) electrons. The van der Waals surface area contributed by atoms with Gasteiger partial charge in [0.1, 0.15) is 0 Å². The lowest BCUT2D eigenvalue weighted by Crippen LogP contribution is -2.31. The number of rotatable bonds is 8. The maximum atomic E-state index is 11.4. The second-order valence-corrected chi connectivity index (χ2v) is 4.46. The Bertz CT molecular complexity index is 169. The lowest BCUT2D eigenvalue weighted by atomic mass is 9.99. The minimum atomic E-state index is -0.454. The molecule has 0 spiro atoms. The number of aliphatic hydroxyl groups excluding tert-OH is 1. The third-order valence-electron chi connectivity index (χ3n) is 2.43.